The number of pyridine rings is 1. The third kappa shape index (κ3) is 4.91. The van der Waals surface area contributed by atoms with E-state index in [9.17, 15) is 9.90 Å². The number of unbranched alkanes of at least 4 members (excludes halogenated alkanes) is 1. The molecule has 0 aliphatic rings. The van der Waals surface area contributed by atoms with Crippen LogP contribution in [-0.2, 0) is 6.54 Å². The van der Waals surface area contributed by atoms with Gasteiger partial charge in [-0.25, -0.2) is 4.98 Å². The number of halogens is 1. The van der Waals surface area contributed by atoms with Gasteiger partial charge < -0.3 is 9.67 Å². The molecule has 2 heterocycles. The van der Waals surface area contributed by atoms with E-state index in [1.807, 2.05) is 79.1 Å². The van der Waals surface area contributed by atoms with E-state index in [1.165, 1.54) is 0 Å². The number of azo groups is 1. The number of carbonyl (C=O) groups is 1. The van der Waals surface area contributed by atoms with Crippen LogP contribution in [0.2, 0.25) is 0 Å². The van der Waals surface area contributed by atoms with Crippen molar-refractivity contribution in [2.24, 2.45) is 10.2 Å². The van der Waals surface area contributed by atoms with Crippen LogP contribution in [0, 0.1) is 13.8 Å². The molecule has 0 spiro atoms. The molecular weight excluding hydrogens is 528 g/mol. The fraction of sp³-hybridized carbons (Fsp3) is 0.200. The van der Waals surface area contributed by atoms with Gasteiger partial charge >= 0.3 is 0 Å². The molecule has 0 bridgehead atoms. The number of aromatic nitrogens is 2. The molecule has 6 nitrogen and oxygen atoms in total. The molecule has 5 rings (SSSR count). The second kappa shape index (κ2) is 10.3. The minimum Gasteiger partial charge on any atom is -0.493 e. The lowest BCUT2D eigenvalue weighted by Crippen LogP contribution is -1.99. The monoisotopic (exact) mass is 554 g/mol. The number of hydrogen-bond donors (Lipinski definition) is 1. The number of rotatable bonds is 6. The number of carbonyl (C=O) groups excluding carboxylic acids is 1. The van der Waals surface area contributed by atoms with Crippen LogP contribution in [0.4, 0.5) is 5.69 Å². The van der Waals surface area contributed by atoms with Crippen LogP contribution in [0.25, 0.3) is 33.1 Å². The topological polar surface area (TPSA) is 79.8 Å². The average molecular weight is 555 g/mol. The van der Waals surface area contributed by atoms with Gasteiger partial charge in [-0.1, -0.05) is 64.7 Å². The van der Waals surface area contributed by atoms with E-state index in [2.05, 4.69) is 33.1 Å². The molecule has 0 aliphatic carbocycles. The number of hydrogen-bond acceptors (Lipinski definition) is 4. The van der Waals surface area contributed by atoms with Crippen molar-refractivity contribution in [2.75, 3.05) is 0 Å². The van der Waals surface area contributed by atoms with E-state index >= 15 is 0 Å². The maximum Gasteiger partial charge on any atom is 0.296 e. The zero-order valence-corrected chi connectivity index (χ0v) is 22.6. The maximum atomic E-state index is 13.5. The first-order chi connectivity index (χ1) is 17.9. The Bertz CT molecular complexity index is 1670. The Morgan fingerprint density at radius 1 is 0.973 bits per heavy atom. The van der Waals surface area contributed by atoms with Crippen molar-refractivity contribution in [1.29, 1.82) is 0 Å². The Hall–Kier alpha value is -3.84. The Kier molecular flexibility index (Phi) is 6.89. The number of fused-ring (bicyclic) bond motifs is 2. The van der Waals surface area contributed by atoms with Crippen molar-refractivity contribution in [3.8, 4) is 17.1 Å². The zero-order chi connectivity index (χ0) is 26.1. The SMILES string of the molecule is CCCCn1c(O)c(N=NC(=O)c2cc(-c3ccc(Br)cc3)nc3ccc(C)cc23)c2cc(C)ccc21. The molecule has 1 amide bonds. The van der Waals surface area contributed by atoms with Crippen LogP contribution in [0.15, 0.2) is 81.4 Å². The molecule has 37 heavy (non-hydrogen) atoms. The van der Waals surface area contributed by atoms with Crippen LogP contribution >= 0.6 is 15.9 Å². The van der Waals surface area contributed by atoms with E-state index in [1.54, 1.807) is 6.07 Å². The van der Waals surface area contributed by atoms with Gasteiger partial charge in [0.15, 0.2) is 5.69 Å². The Balaban J connectivity index is 1.61. The first kappa shape index (κ1) is 24.8. The van der Waals surface area contributed by atoms with Crippen molar-refractivity contribution in [2.45, 2.75) is 40.2 Å². The van der Waals surface area contributed by atoms with Crippen LogP contribution < -0.4 is 0 Å². The molecule has 7 heteroatoms. The number of aryl methyl sites for hydroxylation is 3. The van der Waals surface area contributed by atoms with Crippen molar-refractivity contribution in [3.05, 3.63) is 87.9 Å². The minimum atomic E-state index is -0.488. The highest BCUT2D eigenvalue weighted by molar-refractivity contribution is 9.10. The summed E-state index contributed by atoms with van der Waals surface area (Å²) in [7, 11) is 0. The first-order valence-corrected chi connectivity index (χ1v) is 13.1. The van der Waals surface area contributed by atoms with E-state index in [0.717, 1.165) is 50.3 Å². The highest BCUT2D eigenvalue weighted by Crippen LogP contribution is 2.40. The van der Waals surface area contributed by atoms with E-state index in [0.29, 0.717) is 29.0 Å². The Morgan fingerprint density at radius 2 is 1.68 bits per heavy atom. The van der Waals surface area contributed by atoms with E-state index in [4.69, 9.17) is 4.98 Å². The van der Waals surface area contributed by atoms with Crippen molar-refractivity contribution in [3.63, 3.8) is 0 Å². The highest BCUT2D eigenvalue weighted by Gasteiger charge is 2.19. The molecule has 5 aromatic rings. The zero-order valence-electron chi connectivity index (χ0n) is 21.0. The molecule has 1 N–H and O–H groups in total. The predicted molar refractivity (Wildman–Crippen MR) is 152 cm³/mol. The molecule has 0 aliphatic heterocycles. The smallest absolute Gasteiger partial charge is 0.296 e. The van der Waals surface area contributed by atoms with E-state index in [-0.39, 0.29) is 5.88 Å². The first-order valence-electron chi connectivity index (χ1n) is 12.3. The normalized spacial score (nSPS) is 11.7. The molecule has 0 radical (unpaired) electrons. The largest absolute Gasteiger partial charge is 0.493 e. The fourth-order valence-electron chi connectivity index (χ4n) is 4.51. The lowest BCUT2D eigenvalue weighted by atomic mass is 10.0. The Labute approximate surface area is 223 Å². The number of benzene rings is 3. The summed E-state index contributed by atoms with van der Waals surface area (Å²) in [5.74, 6) is -0.463. The summed E-state index contributed by atoms with van der Waals surface area (Å²) in [5.41, 5.74) is 5.94. The molecule has 0 unspecified atom stereocenters. The molecule has 3 aromatic carbocycles. The van der Waals surface area contributed by atoms with Crippen molar-refractivity contribution in [1.82, 2.24) is 9.55 Å². The van der Waals surface area contributed by atoms with E-state index < -0.39 is 5.91 Å². The third-order valence-corrected chi connectivity index (χ3v) is 7.00. The lowest BCUT2D eigenvalue weighted by molar-refractivity contribution is 0.0996. The van der Waals surface area contributed by atoms with Gasteiger partial charge in [0.1, 0.15) is 0 Å². The fourth-order valence-corrected chi connectivity index (χ4v) is 4.78. The predicted octanol–water partition coefficient (Wildman–Crippen LogP) is 8.67. The van der Waals surface area contributed by atoms with Gasteiger partial charge in [0.05, 0.1) is 22.3 Å². The van der Waals surface area contributed by atoms with Crippen molar-refractivity contribution >= 4 is 49.3 Å². The molecule has 0 atom stereocenters. The Morgan fingerprint density at radius 3 is 2.41 bits per heavy atom. The molecule has 0 saturated carbocycles. The van der Waals surface area contributed by atoms with Crippen LogP contribution in [-0.4, -0.2) is 20.6 Å². The number of nitrogens with zero attached hydrogens (tertiary/aromatic N) is 4. The standard InChI is InChI=1S/C30H27BrN4O2/c1-4-5-14-35-27-13-7-19(3)16-24(27)28(30(35)37)33-34-29(36)23-17-26(20-8-10-21(31)11-9-20)32-25-12-6-18(2)15-22(23)25/h6-13,15-17,37H,4-5,14H2,1-3H3. The van der Waals surface area contributed by atoms with Crippen LogP contribution in [0.1, 0.15) is 41.3 Å². The summed E-state index contributed by atoms with van der Waals surface area (Å²) < 4.78 is 2.81. The van der Waals surface area contributed by atoms with Gasteiger partial charge in [-0.3, -0.25) is 4.79 Å². The second-order valence-corrected chi connectivity index (χ2v) is 10.2. The van der Waals surface area contributed by atoms with Crippen LogP contribution in [0.5, 0.6) is 5.88 Å². The number of amides is 1. The summed E-state index contributed by atoms with van der Waals surface area (Å²) in [4.78, 5) is 18.3. The van der Waals surface area contributed by atoms with Gasteiger partial charge in [0, 0.05) is 27.4 Å². The summed E-state index contributed by atoms with van der Waals surface area (Å²) >= 11 is 3.46. The lowest BCUT2D eigenvalue weighted by Gasteiger charge is -2.08. The van der Waals surface area contributed by atoms with Gasteiger partial charge in [-0.15, -0.1) is 10.2 Å². The third-order valence-electron chi connectivity index (χ3n) is 6.48. The molecular formula is C30H27BrN4O2. The van der Waals surface area contributed by atoms with Gasteiger partial charge in [0.25, 0.3) is 5.91 Å². The summed E-state index contributed by atoms with van der Waals surface area (Å²) in [6, 6.07) is 21.3. The van der Waals surface area contributed by atoms with Crippen molar-refractivity contribution < 1.29 is 9.90 Å². The summed E-state index contributed by atoms with van der Waals surface area (Å²) in [6.45, 7) is 6.73. The van der Waals surface area contributed by atoms with Gasteiger partial charge in [-0.05, 0) is 62.7 Å². The second-order valence-electron chi connectivity index (χ2n) is 9.29. The maximum absolute atomic E-state index is 13.5. The number of aromatic hydroxyl groups is 1. The van der Waals surface area contributed by atoms with Gasteiger partial charge in [0.2, 0.25) is 5.88 Å². The quantitative estimate of drug-likeness (QED) is 0.213. The summed E-state index contributed by atoms with van der Waals surface area (Å²) in [6.07, 6.45) is 1.91. The van der Waals surface area contributed by atoms with Crippen LogP contribution in [0.3, 0.4) is 0 Å². The molecule has 2 aromatic heterocycles. The highest BCUT2D eigenvalue weighted by atomic mass is 79.9. The van der Waals surface area contributed by atoms with Gasteiger partial charge in [-0.2, -0.15) is 0 Å². The molecule has 0 saturated heterocycles. The average Bonchev–Trinajstić information content (AvgIpc) is 3.15. The molecule has 0 fully saturated rings. The summed E-state index contributed by atoms with van der Waals surface area (Å²) in [5, 5.41) is 20.9. The minimum absolute atomic E-state index is 0.0246. The molecule has 186 valence electrons.